The van der Waals surface area contributed by atoms with E-state index >= 15 is 0 Å². The molecule has 3 heteroatoms. The molecule has 0 aliphatic heterocycles. The summed E-state index contributed by atoms with van der Waals surface area (Å²) < 4.78 is 0. The van der Waals surface area contributed by atoms with Gasteiger partial charge in [-0.05, 0) is 36.2 Å². The van der Waals surface area contributed by atoms with Crippen molar-refractivity contribution in [3.05, 3.63) is 44.8 Å². The fourth-order valence-corrected chi connectivity index (χ4v) is 3.43. The molecule has 2 atom stereocenters. The lowest BCUT2D eigenvalue weighted by Gasteiger charge is -2.20. The van der Waals surface area contributed by atoms with Gasteiger partial charge in [0.05, 0.1) is 0 Å². The van der Waals surface area contributed by atoms with Crippen molar-refractivity contribution in [1.82, 2.24) is 5.32 Å². The fourth-order valence-electron chi connectivity index (χ4n) is 1.81. The van der Waals surface area contributed by atoms with Gasteiger partial charge >= 0.3 is 0 Å². The molecule has 2 unspecified atom stereocenters. The number of hydrogen-bond acceptors (Lipinski definition) is 3. The Kier molecular flexibility index (Phi) is 4.16. The highest BCUT2D eigenvalue weighted by Crippen LogP contribution is 2.26. The van der Waals surface area contributed by atoms with Crippen LogP contribution >= 0.6 is 22.7 Å². The highest BCUT2D eigenvalue weighted by atomic mass is 32.1. The van der Waals surface area contributed by atoms with Crippen molar-refractivity contribution in [2.45, 2.75) is 32.4 Å². The summed E-state index contributed by atoms with van der Waals surface area (Å²) in [5, 5.41) is 7.98. The molecule has 1 N–H and O–H groups in total. The molecule has 0 aliphatic rings. The van der Waals surface area contributed by atoms with E-state index in [0.717, 1.165) is 6.42 Å². The molecular weight excluding hydrogens is 234 g/mol. The molecule has 0 aromatic carbocycles. The Morgan fingerprint density at radius 2 is 1.75 bits per heavy atom. The lowest BCUT2D eigenvalue weighted by Crippen LogP contribution is -2.22. The molecule has 0 saturated carbocycles. The van der Waals surface area contributed by atoms with E-state index in [1.807, 2.05) is 22.7 Å². The molecule has 86 valence electrons. The number of thiophene rings is 2. The minimum absolute atomic E-state index is 0.437. The number of rotatable bonds is 5. The summed E-state index contributed by atoms with van der Waals surface area (Å²) in [6, 6.07) is 9.57. The monoisotopic (exact) mass is 251 g/mol. The van der Waals surface area contributed by atoms with Crippen LogP contribution in [-0.2, 0) is 0 Å². The third kappa shape index (κ3) is 2.73. The average Bonchev–Trinajstić information content (AvgIpc) is 2.96. The van der Waals surface area contributed by atoms with Gasteiger partial charge in [-0.2, -0.15) is 0 Å². The Balaban J connectivity index is 2.02. The minimum Gasteiger partial charge on any atom is -0.302 e. The fraction of sp³-hybridized carbons (Fsp3) is 0.385. The topological polar surface area (TPSA) is 12.0 Å². The summed E-state index contributed by atoms with van der Waals surface area (Å²) in [5.41, 5.74) is 0. The predicted molar refractivity (Wildman–Crippen MR) is 73.2 cm³/mol. The zero-order valence-corrected chi connectivity index (χ0v) is 11.3. The minimum atomic E-state index is 0.437. The van der Waals surface area contributed by atoms with Gasteiger partial charge < -0.3 is 5.32 Å². The van der Waals surface area contributed by atoms with Gasteiger partial charge in [0.2, 0.25) is 0 Å². The van der Waals surface area contributed by atoms with Gasteiger partial charge in [-0.1, -0.05) is 19.1 Å². The van der Waals surface area contributed by atoms with Crippen LogP contribution in [0.1, 0.15) is 42.1 Å². The lowest BCUT2D eigenvalue weighted by molar-refractivity contribution is 0.466. The van der Waals surface area contributed by atoms with Crippen LogP contribution in [0.2, 0.25) is 0 Å². The van der Waals surface area contributed by atoms with Crippen LogP contribution in [0.3, 0.4) is 0 Å². The number of nitrogens with one attached hydrogen (secondary N) is 1. The second kappa shape index (κ2) is 5.62. The molecular formula is C13H17NS2. The molecule has 0 spiro atoms. The second-order valence-electron chi connectivity index (χ2n) is 3.88. The average molecular weight is 251 g/mol. The molecule has 0 aliphatic carbocycles. The highest BCUT2D eigenvalue weighted by molar-refractivity contribution is 7.10. The first-order valence-corrected chi connectivity index (χ1v) is 7.40. The molecule has 0 saturated heterocycles. The van der Waals surface area contributed by atoms with E-state index in [1.165, 1.54) is 9.75 Å². The van der Waals surface area contributed by atoms with Crippen LogP contribution in [0.5, 0.6) is 0 Å². The van der Waals surface area contributed by atoms with Crippen molar-refractivity contribution in [1.29, 1.82) is 0 Å². The van der Waals surface area contributed by atoms with Crippen LogP contribution in [0, 0.1) is 0 Å². The van der Waals surface area contributed by atoms with Crippen LogP contribution in [0.4, 0.5) is 0 Å². The summed E-state index contributed by atoms with van der Waals surface area (Å²) in [7, 11) is 0. The van der Waals surface area contributed by atoms with E-state index in [-0.39, 0.29) is 0 Å². The standard InChI is InChI=1S/C13H17NS2/c1-3-11(13-7-5-9-16-13)14-10(2)12-6-4-8-15-12/h4-11,14H,3H2,1-2H3. The van der Waals surface area contributed by atoms with E-state index in [9.17, 15) is 0 Å². The summed E-state index contributed by atoms with van der Waals surface area (Å²) >= 11 is 3.66. The van der Waals surface area contributed by atoms with Gasteiger partial charge in [-0.25, -0.2) is 0 Å². The molecule has 0 bridgehead atoms. The van der Waals surface area contributed by atoms with E-state index in [1.54, 1.807) is 0 Å². The molecule has 0 fully saturated rings. The molecule has 0 amide bonds. The van der Waals surface area contributed by atoms with Crippen LogP contribution in [-0.4, -0.2) is 0 Å². The van der Waals surface area contributed by atoms with E-state index in [4.69, 9.17) is 0 Å². The van der Waals surface area contributed by atoms with Crippen molar-refractivity contribution in [3.63, 3.8) is 0 Å². The van der Waals surface area contributed by atoms with Crippen LogP contribution in [0.25, 0.3) is 0 Å². The SMILES string of the molecule is CCC(NC(C)c1cccs1)c1cccs1. The smallest absolute Gasteiger partial charge is 0.0417 e. The van der Waals surface area contributed by atoms with Gasteiger partial charge in [0, 0.05) is 21.8 Å². The largest absolute Gasteiger partial charge is 0.302 e. The first-order valence-electron chi connectivity index (χ1n) is 5.64. The summed E-state index contributed by atoms with van der Waals surface area (Å²) in [5.74, 6) is 0. The summed E-state index contributed by atoms with van der Waals surface area (Å²) in [6.07, 6.45) is 1.14. The molecule has 2 heterocycles. The lowest BCUT2D eigenvalue weighted by atomic mass is 10.1. The molecule has 0 radical (unpaired) electrons. The van der Waals surface area contributed by atoms with Crippen molar-refractivity contribution in [2.24, 2.45) is 0 Å². The first-order chi connectivity index (χ1) is 7.81. The quantitative estimate of drug-likeness (QED) is 0.818. The summed E-state index contributed by atoms with van der Waals surface area (Å²) in [6.45, 7) is 4.47. The molecule has 16 heavy (non-hydrogen) atoms. The molecule has 2 aromatic heterocycles. The normalized spacial score (nSPS) is 14.9. The Bertz CT molecular complexity index is 392. The maximum Gasteiger partial charge on any atom is 0.0417 e. The third-order valence-corrected chi connectivity index (χ3v) is 4.76. The molecule has 2 aromatic rings. The zero-order chi connectivity index (χ0) is 11.4. The predicted octanol–water partition coefficient (Wildman–Crippen LogP) is 4.61. The van der Waals surface area contributed by atoms with Crippen LogP contribution < -0.4 is 5.32 Å². The maximum absolute atomic E-state index is 3.69. The van der Waals surface area contributed by atoms with Crippen LogP contribution in [0.15, 0.2) is 35.0 Å². The van der Waals surface area contributed by atoms with E-state index in [0.29, 0.717) is 12.1 Å². The van der Waals surface area contributed by atoms with Gasteiger partial charge in [-0.3, -0.25) is 0 Å². The van der Waals surface area contributed by atoms with Crippen molar-refractivity contribution in [3.8, 4) is 0 Å². The van der Waals surface area contributed by atoms with Gasteiger partial charge in [0.15, 0.2) is 0 Å². The molecule has 1 nitrogen and oxygen atoms in total. The second-order valence-corrected chi connectivity index (χ2v) is 5.84. The van der Waals surface area contributed by atoms with Gasteiger partial charge in [0.25, 0.3) is 0 Å². The Morgan fingerprint density at radius 1 is 1.12 bits per heavy atom. The van der Waals surface area contributed by atoms with Gasteiger partial charge in [0.1, 0.15) is 0 Å². The Hall–Kier alpha value is -0.640. The summed E-state index contributed by atoms with van der Waals surface area (Å²) in [4.78, 5) is 2.85. The maximum atomic E-state index is 3.69. The van der Waals surface area contributed by atoms with Crippen molar-refractivity contribution in [2.75, 3.05) is 0 Å². The highest BCUT2D eigenvalue weighted by Gasteiger charge is 2.14. The zero-order valence-electron chi connectivity index (χ0n) is 9.64. The van der Waals surface area contributed by atoms with E-state index in [2.05, 4.69) is 54.2 Å². The Morgan fingerprint density at radius 3 is 2.25 bits per heavy atom. The third-order valence-electron chi connectivity index (χ3n) is 2.72. The Labute approximate surface area is 105 Å². The van der Waals surface area contributed by atoms with Crippen molar-refractivity contribution < 1.29 is 0 Å². The molecule has 2 rings (SSSR count). The number of hydrogen-bond donors (Lipinski definition) is 1. The first kappa shape index (κ1) is 11.8. The van der Waals surface area contributed by atoms with Crippen molar-refractivity contribution >= 4 is 22.7 Å². The van der Waals surface area contributed by atoms with E-state index < -0.39 is 0 Å². The van der Waals surface area contributed by atoms with Gasteiger partial charge in [-0.15, -0.1) is 22.7 Å².